The van der Waals surface area contributed by atoms with Gasteiger partial charge in [-0.25, -0.2) is 4.98 Å². The Morgan fingerprint density at radius 2 is 1.79 bits per heavy atom. The fourth-order valence-corrected chi connectivity index (χ4v) is 3.97. The van der Waals surface area contributed by atoms with Crippen LogP contribution in [0.5, 0.6) is 5.75 Å². The number of unbranched alkanes of at least 4 members (excludes halogenated alkanes) is 1. The van der Waals surface area contributed by atoms with Crippen LogP contribution in [0.15, 0.2) is 48.5 Å². The molecule has 4 rings (SSSR count). The number of aromatic nitrogens is 2. The van der Waals surface area contributed by atoms with Crippen LogP contribution in [0.2, 0.25) is 0 Å². The molecule has 1 saturated heterocycles. The third kappa shape index (κ3) is 4.80. The summed E-state index contributed by atoms with van der Waals surface area (Å²) in [6.45, 7) is 9.61. The lowest BCUT2D eigenvalue weighted by molar-refractivity contribution is 0.0176. The van der Waals surface area contributed by atoms with Gasteiger partial charge in [-0.2, -0.15) is 0 Å². The zero-order valence-corrected chi connectivity index (χ0v) is 17.5. The minimum Gasteiger partial charge on any atom is -0.494 e. The zero-order chi connectivity index (χ0) is 20.1. The van der Waals surface area contributed by atoms with Gasteiger partial charge in [-0.15, -0.1) is 0 Å². The van der Waals surface area contributed by atoms with Crippen LogP contribution in [0.3, 0.4) is 0 Å². The Balaban J connectivity index is 1.40. The van der Waals surface area contributed by atoms with E-state index in [4.69, 9.17) is 14.5 Å². The first-order valence-electron chi connectivity index (χ1n) is 10.7. The Morgan fingerprint density at radius 1 is 1.03 bits per heavy atom. The summed E-state index contributed by atoms with van der Waals surface area (Å²) >= 11 is 0. The van der Waals surface area contributed by atoms with Crippen molar-refractivity contribution in [3.05, 3.63) is 59.9 Å². The van der Waals surface area contributed by atoms with Crippen LogP contribution < -0.4 is 4.74 Å². The number of hydrogen-bond acceptors (Lipinski definition) is 4. The highest BCUT2D eigenvalue weighted by atomic mass is 16.5. The second kappa shape index (κ2) is 9.42. The van der Waals surface area contributed by atoms with Gasteiger partial charge in [0.2, 0.25) is 0 Å². The fraction of sp³-hybridized carbons (Fsp3) is 0.458. The van der Waals surface area contributed by atoms with Gasteiger partial charge < -0.3 is 14.0 Å². The third-order valence-electron chi connectivity index (χ3n) is 5.72. The lowest BCUT2D eigenvalue weighted by Gasteiger charge is -2.32. The van der Waals surface area contributed by atoms with E-state index in [1.54, 1.807) is 0 Å². The summed E-state index contributed by atoms with van der Waals surface area (Å²) in [6.07, 6.45) is 2.08. The van der Waals surface area contributed by atoms with E-state index in [1.807, 2.05) is 12.1 Å². The van der Waals surface area contributed by atoms with Crippen LogP contribution in [-0.2, 0) is 11.3 Å². The molecule has 0 aliphatic carbocycles. The predicted octanol–water partition coefficient (Wildman–Crippen LogP) is 4.60. The highest BCUT2D eigenvalue weighted by Gasteiger charge is 2.23. The number of aryl methyl sites for hydroxylation is 2. The van der Waals surface area contributed by atoms with Crippen molar-refractivity contribution in [1.82, 2.24) is 14.5 Å². The van der Waals surface area contributed by atoms with Gasteiger partial charge in [-0.1, -0.05) is 29.8 Å². The van der Waals surface area contributed by atoms with Crippen molar-refractivity contribution in [3.8, 4) is 5.75 Å². The van der Waals surface area contributed by atoms with Crippen LogP contribution in [0, 0.1) is 6.92 Å². The molecule has 1 fully saturated rings. The second-order valence-electron chi connectivity index (χ2n) is 7.80. The molecule has 1 aliphatic heterocycles. The maximum absolute atomic E-state index is 5.89. The monoisotopic (exact) mass is 393 g/mol. The van der Waals surface area contributed by atoms with E-state index in [0.717, 1.165) is 69.4 Å². The summed E-state index contributed by atoms with van der Waals surface area (Å²) in [7, 11) is 0. The summed E-state index contributed by atoms with van der Waals surface area (Å²) in [5.74, 6) is 2.11. The van der Waals surface area contributed by atoms with Crippen LogP contribution in [0.1, 0.15) is 37.2 Å². The molecule has 2 heterocycles. The Morgan fingerprint density at radius 3 is 2.59 bits per heavy atom. The van der Waals surface area contributed by atoms with Gasteiger partial charge in [0, 0.05) is 19.6 Å². The van der Waals surface area contributed by atoms with E-state index in [1.165, 1.54) is 11.1 Å². The Hall–Kier alpha value is -2.37. The van der Waals surface area contributed by atoms with Gasteiger partial charge in [0.05, 0.1) is 36.9 Å². The minimum atomic E-state index is 0.287. The number of morpholine rings is 1. The maximum atomic E-state index is 5.89. The third-order valence-corrected chi connectivity index (χ3v) is 5.72. The van der Waals surface area contributed by atoms with Crippen molar-refractivity contribution >= 4 is 11.0 Å². The van der Waals surface area contributed by atoms with Gasteiger partial charge in [-0.05, 0) is 51.0 Å². The van der Waals surface area contributed by atoms with E-state index in [9.17, 15) is 0 Å². The minimum absolute atomic E-state index is 0.287. The van der Waals surface area contributed by atoms with Crippen molar-refractivity contribution in [1.29, 1.82) is 0 Å². The molecule has 0 saturated carbocycles. The molecule has 3 aromatic rings. The van der Waals surface area contributed by atoms with Crippen LogP contribution in [-0.4, -0.2) is 47.4 Å². The molecule has 0 radical (unpaired) electrons. The molecule has 1 atom stereocenters. The molecule has 29 heavy (non-hydrogen) atoms. The van der Waals surface area contributed by atoms with E-state index in [2.05, 4.69) is 59.7 Å². The molecule has 0 N–H and O–H groups in total. The molecule has 0 amide bonds. The molecule has 154 valence electrons. The van der Waals surface area contributed by atoms with Crippen molar-refractivity contribution < 1.29 is 9.47 Å². The summed E-state index contributed by atoms with van der Waals surface area (Å²) in [5, 5.41) is 0. The molecule has 5 heteroatoms. The predicted molar refractivity (Wildman–Crippen MR) is 116 cm³/mol. The zero-order valence-electron chi connectivity index (χ0n) is 17.5. The number of fused-ring (bicyclic) bond motifs is 1. The van der Waals surface area contributed by atoms with E-state index in [-0.39, 0.29) is 6.04 Å². The quantitative estimate of drug-likeness (QED) is 0.525. The fourth-order valence-electron chi connectivity index (χ4n) is 3.97. The van der Waals surface area contributed by atoms with Gasteiger partial charge in [0.1, 0.15) is 11.6 Å². The van der Waals surface area contributed by atoms with Crippen LogP contribution in [0.4, 0.5) is 0 Å². The van der Waals surface area contributed by atoms with Gasteiger partial charge in [0.15, 0.2) is 0 Å². The molecule has 1 unspecified atom stereocenters. The summed E-state index contributed by atoms with van der Waals surface area (Å²) in [5.41, 5.74) is 3.56. The highest BCUT2D eigenvalue weighted by molar-refractivity contribution is 5.76. The van der Waals surface area contributed by atoms with E-state index < -0.39 is 0 Å². The van der Waals surface area contributed by atoms with Gasteiger partial charge in [0.25, 0.3) is 0 Å². The average Bonchev–Trinajstić information content (AvgIpc) is 3.13. The number of benzene rings is 2. The number of para-hydroxylation sites is 2. The standard InChI is InChI=1S/C24H31N3O2/c1-19-9-11-21(12-10-19)29-16-6-5-13-27-23-8-4-3-7-22(23)25-24(27)20(2)26-14-17-28-18-15-26/h3-4,7-12,20H,5-6,13-18H2,1-2H3. The van der Waals surface area contributed by atoms with Gasteiger partial charge in [-0.3, -0.25) is 4.90 Å². The first-order valence-corrected chi connectivity index (χ1v) is 10.7. The molecule has 0 spiro atoms. The second-order valence-corrected chi connectivity index (χ2v) is 7.80. The molecule has 1 aliphatic rings. The van der Waals surface area contributed by atoms with Crippen molar-refractivity contribution in [3.63, 3.8) is 0 Å². The topological polar surface area (TPSA) is 39.5 Å². The first kappa shape index (κ1) is 19.9. The number of ether oxygens (including phenoxy) is 2. The highest BCUT2D eigenvalue weighted by Crippen LogP contribution is 2.26. The van der Waals surface area contributed by atoms with Crippen LogP contribution >= 0.6 is 0 Å². The Kier molecular flexibility index (Phi) is 6.47. The number of imidazole rings is 1. The summed E-state index contributed by atoms with van der Waals surface area (Å²) in [4.78, 5) is 7.47. The maximum Gasteiger partial charge on any atom is 0.127 e. The average molecular weight is 394 g/mol. The van der Waals surface area contributed by atoms with Crippen LogP contribution in [0.25, 0.3) is 11.0 Å². The Labute approximate surface area is 173 Å². The molecule has 1 aromatic heterocycles. The number of hydrogen-bond donors (Lipinski definition) is 0. The van der Waals surface area contributed by atoms with Gasteiger partial charge >= 0.3 is 0 Å². The van der Waals surface area contributed by atoms with E-state index in [0.29, 0.717) is 0 Å². The lowest BCUT2D eigenvalue weighted by Crippen LogP contribution is -2.39. The van der Waals surface area contributed by atoms with E-state index >= 15 is 0 Å². The summed E-state index contributed by atoms with van der Waals surface area (Å²) in [6, 6.07) is 17.0. The molecular formula is C24H31N3O2. The van der Waals surface area contributed by atoms with Crippen molar-refractivity contribution in [2.24, 2.45) is 0 Å². The number of nitrogens with zero attached hydrogens (tertiary/aromatic N) is 3. The Bertz CT molecular complexity index is 914. The lowest BCUT2D eigenvalue weighted by atomic mass is 10.2. The molecule has 5 nitrogen and oxygen atoms in total. The summed E-state index contributed by atoms with van der Waals surface area (Å²) < 4.78 is 13.8. The van der Waals surface area contributed by atoms with Crippen molar-refractivity contribution in [2.75, 3.05) is 32.9 Å². The smallest absolute Gasteiger partial charge is 0.127 e. The SMILES string of the molecule is Cc1ccc(OCCCCn2c(C(C)N3CCOCC3)nc3ccccc32)cc1. The molecule has 0 bridgehead atoms. The molecular weight excluding hydrogens is 362 g/mol. The normalized spacial score (nSPS) is 16.2. The number of rotatable bonds is 8. The molecule has 2 aromatic carbocycles. The van der Waals surface area contributed by atoms with Crippen molar-refractivity contribution in [2.45, 2.75) is 39.3 Å². The first-order chi connectivity index (χ1) is 14.2. The largest absolute Gasteiger partial charge is 0.494 e.